The van der Waals surface area contributed by atoms with Crippen molar-refractivity contribution in [3.8, 4) is 0 Å². The third-order valence-corrected chi connectivity index (χ3v) is 9.24. The first-order valence-electron chi connectivity index (χ1n) is 11.9. The molecule has 2 aromatic rings. The molecule has 184 valence electrons. The highest BCUT2D eigenvalue weighted by atomic mass is 35.5. The molecule has 0 radical (unpaired) electrons. The van der Waals surface area contributed by atoms with Crippen LogP contribution in [0.4, 0.5) is 11.6 Å². The molecule has 0 saturated carbocycles. The Hall–Kier alpha value is -1.65. The standard InChI is InChI=1S/C24H33ClN6O2S/c1-15-21(26)24(14-33-15)5-8-30(9-6-24)18-10-29-19(11-28-18)34-17-4-7-27-22(20(17)25)31-12-16(13-31)23(2,3)32/h4,7,10-11,15-16,21,32H,5-6,8-9,12-14,26H2,1-3H3/t15-,21+/m0/s1. The Bertz CT molecular complexity index is 1020. The van der Waals surface area contributed by atoms with Crippen LogP contribution >= 0.6 is 23.4 Å². The molecule has 3 N–H and O–H groups in total. The zero-order chi connectivity index (χ0) is 24.1. The summed E-state index contributed by atoms with van der Waals surface area (Å²) in [5.74, 6) is 1.85. The maximum Gasteiger partial charge on any atom is 0.148 e. The van der Waals surface area contributed by atoms with Gasteiger partial charge in [0.2, 0.25) is 0 Å². The largest absolute Gasteiger partial charge is 0.390 e. The van der Waals surface area contributed by atoms with Crippen LogP contribution in [0, 0.1) is 11.3 Å². The van der Waals surface area contributed by atoms with Gasteiger partial charge in [-0.05, 0) is 39.7 Å². The van der Waals surface area contributed by atoms with Crippen LogP contribution in [0.5, 0.6) is 0 Å². The number of hydrogen-bond donors (Lipinski definition) is 2. The Kier molecular flexibility index (Phi) is 6.44. The summed E-state index contributed by atoms with van der Waals surface area (Å²) >= 11 is 8.18. The van der Waals surface area contributed by atoms with E-state index in [-0.39, 0.29) is 23.5 Å². The Morgan fingerprint density at radius 3 is 2.50 bits per heavy atom. The topological polar surface area (TPSA) is 101 Å². The average molecular weight is 505 g/mol. The van der Waals surface area contributed by atoms with E-state index in [4.69, 9.17) is 22.1 Å². The van der Waals surface area contributed by atoms with E-state index in [1.165, 1.54) is 11.8 Å². The lowest BCUT2D eigenvalue weighted by Crippen LogP contribution is -2.56. The molecule has 34 heavy (non-hydrogen) atoms. The van der Waals surface area contributed by atoms with Crippen LogP contribution < -0.4 is 15.5 Å². The van der Waals surface area contributed by atoms with Crippen molar-refractivity contribution in [2.45, 2.75) is 61.3 Å². The highest BCUT2D eigenvalue weighted by Crippen LogP contribution is 2.42. The summed E-state index contributed by atoms with van der Waals surface area (Å²) in [6.07, 6.45) is 7.57. The third-order valence-electron chi connectivity index (χ3n) is 7.77. The van der Waals surface area contributed by atoms with Crippen LogP contribution in [0.2, 0.25) is 5.02 Å². The highest BCUT2D eigenvalue weighted by Gasteiger charge is 2.47. The van der Waals surface area contributed by atoms with Gasteiger partial charge >= 0.3 is 0 Å². The molecule has 1 spiro atoms. The number of aliphatic hydroxyl groups is 1. The minimum Gasteiger partial charge on any atom is -0.390 e. The number of nitrogens with zero attached hydrogens (tertiary/aromatic N) is 5. The van der Waals surface area contributed by atoms with E-state index in [9.17, 15) is 5.11 Å². The molecule has 8 nitrogen and oxygen atoms in total. The van der Waals surface area contributed by atoms with Crippen LogP contribution in [0.15, 0.2) is 34.6 Å². The molecule has 0 aromatic carbocycles. The van der Waals surface area contributed by atoms with Crippen molar-refractivity contribution < 1.29 is 9.84 Å². The van der Waals surface area contributed by atoms with Gasteiger partial charge in [0.05, 0.1) is 35.7 Å². The molecule has 0 amide bonds. The molecule has 3 aliphatic heterocycles. The highest BCUT2D eigenvalue weighted by molar-refractivity contribution is 7.99. The van der Waals surface area contributed by atoms with E-state index >= 15 is 0 Å². The number of ether oxygens (including phenoxy) is 1. The third kappa shape index (κ3) is 4.48. The lowest BCUT2D eigenvalue weighted by Gasteiger charge is -2.46. The fourth-order valence-electron chi connectivity index (χ4n) is 5.11. The summed E-state index contributed by atoms with van der Waals surface area (Å²) in [4.78, 5) is 19.1. The van der Waals surface area contributed by atoms with Crippen molar-refractivity contribution in [1.82, 2.24) is 15.0 Å². The Morgan fingerprint density at radius 2 is 1.91 bits per heavy atom. The summed E-state index contributed by atoms with van der Waals surface area (Å²) < 4.78 is 5.83. The first kappa shape index (κ1) is 24.1. The van der Waals surface area contributed by atoms with E-state index in [0.29, 0.717) is 5.02 Å². The van der Waals surface area contributed by atoms with E-state index in [0.717, 1.165) is 67.2 Å². The van der Waals surface area contributed by atoms with Gasteiger partial charge in [-0.25, -0.2) is 15.0 Å². The second-order valence-electron chi connectivity index (χ2n) is 10.4. The quantitative estimate of drug-likeness (QED) is 0.635. The van der Waals surface area contributed by atoms with Gasteiger partial charge in [0, 0.05) is 54.6 Å². The van der Waals surface area contributed by atoms with Gasteiger partial charge in [-0.2, -0.15) is 0 Å². The van der Waals surface area contributed by atoms with Crippen molar-refractivity contribution in [2.24, 2.45) is 17.1 Å². The van der Waals surface area contributed by atoms with Gasteiger partial charge in [-0.1, -0.05) is 23.4 Å². The minimum absolute atomic E-state index is 0.0956. The molecule has 2 atom stereocenters. The average Bonchev–Trinajstić information content (AvgIpc) is 3.04. The van der Waals surface area contributed by atoms with Crippen LogP contribution in [-0.4, -0.2) is 70.6 Å². The molecule has 10 heteroatoms. The van der Waals surface area contributed by atoms with E-state index < -0.39 is 5.60 Å². The number of aromatic nitrogens is 3. The molecule has 0 aliphatic carbocycles. The van der Waals surface area contributed by atoms with Crippen molar-refractivity contribution in [3.63, 3.8) is 0 Å². The first-order chi connectivity index (χ1) is 16.2. The summed E-state index contributed by atoms with van der Waals surface area (Å²) in [5.41, 5.74) is 5.84. The lowest BCUT2D eigenvalue weighted by atomic mass is 9.73. The Labute approximate surface area is 210 Å². The SMILES string of the molecule is C[C@@H]1OCC2(CCN(c3cnc(Sc4ccnc(N5CC(C(C)(C)O)C5)c4Cl)cn3)CC2)[C@@H]1N. The first-order valence-corrected chi connectivity index (χ1v) is 13.1. The molecule has 5 heterocycles. The van der Waals surface area contributed by atoms with Crippen molar-refractivity contribution in [2.75, 3.05) is 42.6 Å². The van der Waals surface area contributed by atoms with Gasteiger partial charge in [-0.15, -0.1) is 0 Å². The van der Waals surface area contributed by atoms with E-state index in [2.05, 4.69) is 31.7 Å². The van der Waals surface area contributed by atoms with Crippen LogP contribution in [0.1, 0.15) is 33.6 Å². The van der Waals surface area contributed by atoms with Gasteiger partial charge in [-0.3, -0.25) is 0 Å². The molecular formula is C24H33ClN6O2S. The molecule has 3 aliphatic rings. The molecule has 3 saturated heterocycles. The van der Waals surface area contributed by atoms with Crippen LogP contribution in [0.3, 0.4) is 0 Å². The fourth-order valence-corrected chi connectivity index (χ4v) is 6.20. The normalized spacial score (nSPS) is 25.1. The number of nitrogens with two attached hydrogens (primary N) is 1. The molecule has 0 bridgehead atoms. The summed E-state index contributed by atoms with van der Waals surface area (Å²) in [6, 6.07) is 2.00. The number of pyridine rings is 1. The van der Waals surface area contributed by atoms with Gasteiger partial charge in [0.25, 0.3) is 0 Å². The number of piperidine rings is 1. The van der Waals surface area contributed by atoms with Gasteiger partial charge in [0.15, 0.2) is 0 Å². The maximum absolute atomic E-state index is 10.2. The number of hydrogen-bond acceptors (Lipinski definition) is 9. The summed E-state index contributed by atoms with van der Waals surface area (Å²) in [6.45, 7) is 9.82. The minimum atomic E-state index is -0.697. The van der Waals surface area contributed by atoms with Gasteiger partial charge in [0.1, 0.15) is 16.7 Å². The number of halogens is 1. The fraction of sp³-hybridized carbons (Fsp3) is 0.625. The predicted octanol–water partition coefficient (Wildman–Crippen LogP) is 3.22. The predicted molar refractivity (Wildman–Crippen MR) is 135 cm³/mol. The molecule has 0 unspecified atom stereocenters. The lowest BCUT2D eigenvalue weighted by molar-refractivity contribution is 0.00438. The molecular weight excluding hydrogens is 472 g/mol. The van der Waals surface area contributed by atoms with Gasteiger partial charge < -0.3 is 25.4 Å². The van der Waals surface area contributed by atoms with Crippen molar-refractivity contribution in [1.29, 1.82) is 0 Å². The van der Waals surface area contributed by atoms with Crippen molar-refractivity contribution in [3.05, 3.63) is 29.7 Å². The van der Waals surface area contributed by atoms with Crippen LogP contribution in [-0.2, 0) is 4.74 Å². The zero-order valence-corrected chi connectivity index (χ0v) is 21.5. The van der Waals surface area contributed by atoms with E-state index in [1.807, 2.05) is 26.1 Å². The number of anilines is 2. The zero-order valence-electron chi connectivity index (χ0n) is 19.9. The smallest absolute Gasteiger partial charge is 0.148 e. The van der Waals surface area contributed by atoms with E-state index in [1.54, 1.807) is 12.4 Å². The van der Waals surface area contributed by atoms with Crippen LogP contribution in [0.25, 0.3) is 0 Å². The monoisotopic (exact) mass is 504 g/mol. The maximum atomic E-state index is 10.2. The van der Waals surface area contributed by atoms with Crippen molar-refractivity contribution >= 4 is 35.0 Å². The number of rotatable bonds is 5. The second-order valence-corrected chi connectivity index (χ2v) is 11.8. The molecule has 2 aromatic heterocycles. The Balaban J connectivity index is 1.21. The summed E-state index contributed by atoms with van der Waals surface area (Å²) in [5, 5.41) is 11.6. The molecule has 5 rings (SSSR count). The second kappa shape index (κ2) is 9.09. The summed E-state index contributed by atoms with van der Waals surface area (Å²) in [7, 11) is 0. The Morgan fingerprint density at radius 1 is 1.18 bits per heavy atom. The molecule has 3 fully saturated rings.